The number of aliphatic hydroxyl groups is 1. The molecule has 4 nitrogen and oxygen atoms in total. The van der Waals surface area contributed by atoms with E-state index in [-0.39, 0.29) is 5.54 Å². The molecule has 0 saturated heterocycles. The Morgan fingerprint density at radius 2 is 1.74 bits per heavy atom. The van der Waals surface area contributed by atoms with Crippen molar-refractivity contribution < 1.29 is 14.6 Å². The van der Waals surface area contributed by atoms with Crippen LogP contribution in [0.15, 0.2) is 36.4 Å². The predicted octanol–water partition coefficient (Wildman–Crippen LogP) is 5.75. The quantitative estimate of drug-likeness (QED) is 0.550. The predicted molar refractivity (Wildman–Crippen MR) is 123 cm³/mol. The van der Waals surface area contributed by atoms with E-state index in [0.29, 0.717) is 46.5 Å². The molecule has 0 amide bonds. The lowest BCUT2D eigenvalue weighted by molar-refractivity contribution is -0.142. The van der Waals surface area contributed by atoms with E-state index >= 15 is 0 Å². The van der Waals surface area contributed by atoms with Crippen LogP contribution in [0.2, 0.25) is 10.0 Å². The Balaban J connectivity index is 1.28. The van der Waals surface area contributed by atoms with Gasteiger partial charge in [0.15, 0.2) is 11.5 Å². The highest BCUT2D eigenvalue weighted by Crippen LogP contribution is 2.57. The third-order valence-corrected chi connectivity index (χ3v) is 7.82. The summed E-state index contributed by atoms with van der Waals surface area (Å²) in [7, 11) is 1.63. The normalized spacial score (nSPS) is 31.1. The molecule has 2 N–H and O–H groups in total. The molecule has 4 aliphatic carbocycles. The molecule has 4 fully saturated rings. The number of rotatable bonds is 7. The largest absolute Gasteiger partial charge is 0.493 e. The molecule has 4 saturated carbocycles. The molecule has 2 aromatic carbocycles. The number of hydrogen-bond acceptors (Lipinski definition) is 4. The molecule has 0 radical (unpaired) electrons. The number of benzene rings is 2. The second-order valence-corrected chi connectivity index (χ2v) is 10.7. The fourth-order valence-corrected chi connectivity index (χ4v) is 6.88. The molecule has 4 aliphatic rings. The number of halogens is 2. The van der Waals surface area contributed by atoms with E-state index in [1.165, 1.54) is 19.3 Å². The topological polar surface area (TPSA) is 50.7 Å². The van der Waals surface area contributed by atoms with Crippen molar-refractivity contribution in [2.45, 2.75) is 62.8 Å². The maximum Gasteiger partial charge on any atom is 0.180 e. The summed E-state index contributed by atoms with van der Waals surface area (Å²) in [5.74, 6) is 2.48. The third kappa shape index (κ3) is 4.41. The smallest absolute Gasteiger partial charge is 0.180 e. The van der Waals surface area contributed by atoms with Crippen molar-refractivity contribution in [1.29, 1.82) is 0 Å². The van der Waals surface area contributed by atoms with Gasteiger partial charge in [-0.15, -0.1) is 0 Å². The van der Waals surface area contributed by atoms with Crippen LogP contribution < -0.4 is 14.8 Å². The number of nitrogens with one attached hydrogen (secondary N) is 1. The fraction of sp³-hybridized carbons (Fsp3) is 0.520. The van der Waals surface area contributed by atoms with Crippen LogP contribution in [0.4, 0.5) is 0 Å². The van der Waals surface area contributed by atoms with Gasteiger partial charge in [-0.2, -0.15) is 0 Å². The first-order chi connectivity index (χ1) is 14.9. The first-order valence-corrected chi connectivity index (χ1v) is 11.8. The Morgan fingerprint density at radius 3 is 2.39 bits per heavy atom. The van der Waals surface area contributed by atoms with E-state index in [4.69, 9.17) is 32.7 Å². The lowest BCUT2D eigenvalue weighted by Crippen LogP contribution is -2.64. The summed E-state index contributed by atoms with van der Waals surface area (Å²) in [5.41, 5.74) is 1.64. The Morgan fingerprint density at radius 1 is 1.03 bits per heavy atom. The summed E-state index contributed by atoms with van der Waals surface area (Å²) in [4.78, 5) is 0. The molecule has 2 unspecified atom stereocenters. The third-order valence-electron chi connectivity index (χ3n) is 7.28. The molecule has 166 valence electrons. The Bertz CT molecular complexity index is 948. The number of hydrogen-bond donors (Lipinski definition) is 2. The molecule has 0 aliphatic heterocycles. The summed E-state index contributed by atoms with van der Waals surface area (Å²) in [6, 6.07) is 11.5. The van der Waals surface area contributed by atoms with Crippen LogP contribution in [0, 0.1) is 11.8 Å². The van der Waals surface area contributed by atoms with Gasteiger partial charge in [0.05, 0.1) is 17.7 Å². The van der Waals surface area contributed by atoms with Crippen LogP contribution in [-0.4, -0.2) is 23.4 Å². The van der Waals surface area contributed by atoms with Gasteiger partial charge in [-0.25, -0.2) is 0 Å². The average Bonchev–Trinajstić information content (AvgIpc) is 2.70. The molecule has 2 atom stereocenters. The second kappa shape index (κ2) is 8.15. The van der Waals surface area contributed by atoms with Crippen molar-refractivity contribution >= 4 is 23.2 Å². The molecule has 6 rings (SSSR count). The van der Waals surface area contributed by atoms with Gasteiger partial charge in [-0.05, 0) is 85.8 Å². The van der Waals surface area contributed by atoms with E-state index in [9.17, 15) is 5.11 Å². The molecule has 0 heterocycles. The Hall–Kier alpha value is -1.46. The molecule has 31 heavy (non-hydrogen) atoms. The molecule has 0 spiro atoms. The van der Waals surface area contributed by atoms with Crippen LogP contribution in [0.25, 0.3) is 0 Å². The molecule has 0 aromatic heterocycles. The zero-order valence-electron chi connectivity index (χ0n) is 17.8. The van der Waals surface area contributed by atoms with Crippen molar-refractivity contribution in [2.24, 2.45) is 11.8 Å². The van der Waals surface area contributed by atoms with E-state index in [1.54, 1.807) is 7.11 Å². The minimum absolute atomic E-state index is 0.0439. The van der Waals surface area contributed by atoms with E-state index < -0.39 is 5.60 Å². The molecule has 2 aromatic rings. The van der Waals surface area contributed by atoms with Gasteiger partial charge in [-0.1, -0.05) is 35.3 Å². The van der Waals surface area contributed by atoms with Gasteiger partial charge in [0, 0.05) is 17.1 Å². The summed E-state index contributed by atoms with van der Waals surface area (Å²) >= 11 is 12.5. The Labute approximate surface area is 193 Å². The van der Waals surface area contributed by atoms with E-state index in [2.05, 4.69) is 5.32 Å². The van der Waals surface area contributed by atoms with Crippen molar-refractivity contribution in [3.63, 3.8) is 0 Å². The number of ether oxygens (including phenoxy) is 2. The van der Waals surface area contributed by atoms with Gasteiger partial charge >= 0.3 is 0 Å². The maximum absolute atomic E-state index is 11.0. The lowest BCUT2D eigenvalue weighted by atomic mass is 9.51. The minimum Gasteiger partial charge on any atom is -0.493 e. The monoisotopic (exact) mass is 461 g/mol. The Kier molecular flexibility index (Phi) is 5.62. The number of methoxy groups -OCH3 is 1. The first-order valence-electron chi connectivity index (χ1n) is 11.1. The van der Waals surface area contributed by atoms with E-state index in [1.807, 2.05) is 36.4 Å². The molecule has 6 heteroatoms. The fourth-order valence-electron chi connectivity index (χ4n) is 6.46. The van der Waals surface area contributed by atoms with Gasteiger partial charge in [0.25, 0.3) is 0 Å². The summed E-state index contributed by atoms with van der Waals surface area (Å²) in [6.07, 6.45) is 6.43. The van der Waals surface area contributed by atoms with Crippen LogP contribution in [0.3, 0.4) is 0 Å². The zero-order chi connectivity index (χ0) is 21.6. The minimum atomic E-state index is -0.466. The van der Waals surface area contributed by atoms with Crippen LogP contribution >= 0.6 is 23.2 Å². The van der Waals surface area contributed by atoms with Crippen LogP contribution in [0.5, 0.6) is 11.5 Å². The maximum atomic E-state index is 11.0. The van der Waals surface area contributed by atoms with Crippen LogP contribution in [-0.2, 0) is 13.2 Å². The zero-order valence-corrected chi connectivity index (χ0v) is 19.3. The molecule has 4 bridgehead atoms. The summed E-state index contributed by atoms with van der Waals surface area (Å²) in [5, 5.41) is 16.0. The van der Waals surface area contributed by atoms with Gasteiger partial charge in [-0.3, -0.25) is 0 Å². The summed E-state index contributed by atoms with van der Waals surface area (Å²) in [6.45, 7) is 1.08. The molecular formula is C25H29Cl2NO3. The first kappa shape index (κ1) is 21.4. The summed E-state index contributed by atoms with van der Waals surface area (Å²) < 4.78 is 11.6. The van der Waals surface area contributed by atoms with Crippen molar-refractivity contribution in [1.82, 2.24) is 5.32 Å². The SMILES string of the molecule is COc1cc(CNC23CC4CC(CC(O)(C4)C2)C3)cc(Cl)c1OCc1ccc(Cl)cc1. The van der Waals surface area contributed by atoms with Crippen molar-refractivity contribution in [2.75, 3.05) is 7.11 Å². The van der Waals surface area contributed by atoms with Crippen molar-refractivity contribution in [3.05, 3.63) is 57.6 Å². The van der Waals surface area contributed by atoms with Gasteiger partial charge in [0.2, 0.25) is 0 Å². The second-order valence-electron chi connectivity index (χ2n) is 9.84. The standard InChI is InChI=1S/C25H29Cl2NO3/c1-30-22-8-17(7-21(27)23(22)31-14-16-2-4-20(26)5-3-16)13-28-24-9-18-6-19(10-24)12-25(29,11-18)15-24/h2-5,7-8,18-19,28-29H,6,9-15H2,1H3. The van der Waals surface area contributed by atoms with Gasteiger partial charge < -0.3 is 19.9 Å². The highest BCUT2D eigenvalue weighted by Gasteiger charge is 2.56. The van der Waals surface area contributed by atoms with Gasteiger partial charge in [0.1, 0.15) is 6.61 Å². The lowest BCUT2D eigenvalue weighted by Gasteiger charge is -2.60. The van der Waals surface area contributed by atoms with Crippen LogP contribution in [0.1, 0.15) is 49.7 Å². The van der Waals surface area contributed by atoms with Crippen molar-refractivity contribution in [3.8, 4) is 11.5 Å². The highest BCUT2D eigenvalue weighted by atomic mass is 35.5. The average molecular weight is 462 g/mol. The molecular weight excluding hydrogens is 433 g/mol. The van der Waals surface area contributed by atoms with E-state index in [0.717, 1.165) is 30.4 Å². The highest BCUT2D eigenvalue weighted by molar-refractivity contribution is 6.32.